The highest BCUT2D eigenvalue weighted by Crippen LogP contribution is 2.21. The zero-order valence-electron chi connectivity index (χ0n) is 5.79. The van der Waals surface area contributed by atoms with E-state index in [-0.39, 0.29) is 0 Å². The molecule has 0 bridgehead atoms. The van der Waals surface area contributed by atoms with Crippen molar-refractivity contribution in [3.05, 3.63) is 14.2 Å². The molecule has 0 amide bonds. The number of halogens is 1. The van der Waals surface area contributed by atoms with Crippen LogP contribution < -0.4 is 5.46 Å². The van der Waals surface area contributed by atoms with E-state index in [1.54, 1.807) is 0 Å². The van der Waals surface area contributed by atoms with Gasteiger partial charge >= 0.3 is 0 Å². The SMILES string of the molecule is Bc1c(C)sc(C)c1Br. The van der Waals surface area contributed by atoms with Gasteiger partial charge in [0.05, 0.1) is 0 Å². The monoisotopic (exact) mass is 202 g/mol. The summed E-state index contributed by atoms with van der Waals surface area (Å²) in [5, 5.41) is 0. The molecule has 0 aromatic carbocycles. The number of aryl methyl sites for hydroxylation is 2. The van der Waals surface area contributed by atoms with Crippen LogP contribution in [0.5, 0.6) is 0 Å². The standard InChI is InChI=1S/C6H8BBrS/c1-3-5(7)6(8)4(2)9-3/h7H2,1-2H3. The van der Waals surface area contributed by atoms with Gasteiger partial charge in [-0.25, -0.2) is 0 Å². The first kappa shape index (κ1) is 7.35. The molecule has 1 aromatic heterocycles. The highest BCUT2D eigenvalue weighted by Gasteiger charge is 2.03. The van der Waals surface area contributed by atoms with Crippen LogP contribution in [0.2, 0.25) is 0 Å². The molecular weight excluding hydrogens is 195 g/mol. The summed E-state index contributed by atoms with van der Waals surface area (Å²) in [7, 11) is 2.14. The Morgan fingerprint density at radius 2 is 1.89 bits per heavy atom. The molecule has 0 unspecified atom stereocenters. The summed E-state index contributed by atoms with van der Waals surface area (Å²) in [6.45, 7) is 4.28. The average molecular weight is 203 g/mol. The Morgan fingerprint density at radius 3 is 2.00 bits per heavy atom. The summed E-state index contributed by atoms with van der Waals surface area (Å²) in [6.07, 6.45) is 0. The molecule has 1 aromatic rings. The Balaban J connectivity index is 3.29. The quantitative estimate of drug-likeness (QED) is 0.558. The van der Waals surface area contributed by atoms with Crippen molar-refractivity contribution in [2.24, 2.45) is 0 Å². The largest absolute Gasteiger partial charge is 0.145 e. The van der Waals surface area contributed by atoms with E-state index in [2.05, 4.69) is 37.6 Å². The smallest absolute Gasteiger partial charge is 0.142 e. The minimum Gasteiger partial charge on any atom is -0.145 e. The van der Waals surface area contributed by atoms with Gasteiger partial charge in [-0.1, -0.05) is 21.4 Å². The van der Waals surface area contributed by atoms with E-state index in [1.807, 2.05) is 11.3 Å². The van der Waals surface area contributed by atoms with Gasteiger partial charge in [0, 0.05) is 9.35 Å². The lowest BCUT2D eigenvalue weighted by Crippen LogP contribution is -2.02. The molecule has 0 N–H and O–H groups in total. The highest BCUT2D eigenvalue weighted by atomic mass is 79.9. The molecule has 0 nitrogen and oxygen atoms in total. The maximum atomic E-state index is 3.51. The van der Waals surface area contributed by atoms with Crippen molar-refractivity contribution < 1.29 is 0 Å². The minimum atomic E-state index is 1.28. The molecule has 1 heterocycles. The third-order valence-electron chi connectivity index (χ3n) is 1.47. The van der Waals surface area contributed by atoms with Gasteiger partial charge in [0.1, 0.15) is 7.85 Å². The van der Waals surface area contributed by atoms with Crippen LogP contribution in [0.1, 0.15) is 9.75 Å². The van der Waals surface area contributed by atoms with E-state index in [9.17, 15) is 0 Å². The molecule has 0 saturated carbocycles. The summed E-state index contributed by atoms with van der Waals surface area (Å²) in [4.78, 5) is 2.80. The molecule has 48 valence electrons. The fraction of sp³-hybridized carbons (Fsp3) is 0.333. The molecule has 0 spiro atoms. The van der Waals surface area contributed by atoms with Gasteiger partial charge in [-0.05, 0) is 18.7 Å². The van der Waals surface area contributed by atoms with E-state index in [4.69, 9.17) is 0 Å². The van der Waals surface area contributed by atoms with Crippen molar-refractivity contribution in [2.75, 3.05) is 0 Å². The van der Waals surface area contributed by atoms with Crippen molar-refractivity contribution in [1.29, 1.82) is 0 Å². The zero-order chi connectivity index (χ0) is 7.02. The van der Waals surface area contributed by atoms with Gasteiger partial charge in [0.15, 0.2) is 0 Å². The van der Waals surface area contributed by atoms with Gasteiger partial charge in [-0.3, -0.25) is 0 Å². The lowest BCUT2D eigenvalue weighted by Gasteiger charge is -1.86. The van der Waals surface area contributed by atoms with Crippen LogP contribution in [0, 0.1) is 13.8 Å². The lowest BCUT2D eigenvalue weighted by molar-refractivity contribution is 1.60. The first-order valence-corrected chi connectivity index (χ1v) is 4.46. The van der Waals surface area contributed by atoms with Crippen LogP contribution in [-0.2, 0) is 0 Å². The van der Waals surface area contributed by atoms with Gasteiger partial charge in [-0.15, -0.1) is 11.3 Å². The second kappa shape index (κ2) is 2.47. The molecule has 9 heavy (non-hydrogen) atoms. The summed E-state index contributed by atoms with van der Waals surface area (Å²) in [5.41, 5.74) is 1.39. The summed E-state index contributed by atoms with van der Waals surface area (Å²) < 4.78 is 1.28. The van der Waals surface area contributed by atoms with Crippen LogP contribution >= 0.6 is 27.3 Å². The molecule has 0 saturated heterocycles. The van der Waals surface area contributed by atoms with Crippen LogP contribution in [-0.4, -0.2) is 7.85 Å². The third-order valence-corrected chi connectivity index (χ3v) is 4.05. The first-order chi connectivity index (χ1) is 4.13. The summed E-state index contributed by atoms with van der Waals surface area (Å²) in [5.74, 6) is 0. The van der Waals surface area contributed by atoms with Crippen molar-refractivity contribution >= 4 is 40.6 Å². The van der Waals surface area contributed by atoms with E-state index in [0.29, 0.717) is 0 Å². The van der Waals surface area contributed by atoms with E-state index in [0.717, 1.165) is 0 Å². The Kier molecular flexibility index (Phi) is 2.02. The van der Waals surface area contributed by atoms with Gasteiger partial charge in [0.2, 0.25) is 0 Å². The molecule has 3 heteroatoms. The second-order valence-corrected chi connectivity index (χ2v) is 4.38. The summed E-state index contributed by atoms with van der Waals surface area (Å²) in [6, 6.07) is 0. The maximum absolute atomic E-state index is 3.51. The molecule has 0 fully saturated rings. The fourth-order valence-electron chi connectivity index (χ4n) is 0.770. The Hall–Kier alpha value is 0.245. The summed E-state index contributed by atoms with van der Waals surface area (Å²) >= 11 is 5.36. The van der Waals surface area contributed by atoms with Crippen molar-refractivity contribution in [1.82, 2.24) is 0 Å². The van der Waals surface area contributed by atoms with Gasteiger partial charge < -0.3 is 0 Å². The van der Waals surface area contributed by atoms with E-state index >= 15 is 0 Å². The van der Waals surface area contributed by atoms with Crippen LogP contribution in [0.25, 0.3) is 0 Å². The van der Waals surface area contributed by atoms with Crippen LogP contribution in [0.15, 0.2) is 4.47 Å². The van der Waals surface area contributed by atoms with Gasteiger partial charge in [0.25, 0.3) is 0 Å². The second-order valence-electron chi connectivity index (χ2n) is 2.15. The Bertz CT molecular complexity index is 207. The van der Waals surface area contributed by atoms with Crippen molar-refractivity contribution in [3.63, 3.8) is 0 Å². The van der Waals surface area contributed by atoms with Crippen molar-refractivity contribution in [3.8, 4) is 0 Å². The normalized spacial score (nSPS) is 10.1. The molecule has 1 rings (SSSR count). The first-order valence-electron chi connectivity index (χ1n) is 2.85. The molecular formula is C6H8BBrS. The number of hydrogen-bond acceptors (Lipinski definition) is 1. The average Bonchev–Trinajstić information content (AvgIpc) is 1.98. The zero-order valence-corrected chi connectivity index (χ0v) is 8.19. The van der Waals surface area contributed by atoms with E-state index in [1.165, 1.54) is 19.7 Å². The molecule has 0 radical (unpaired) electrons. The maximum Gasteiger partial charge on any atom is 0.142 e. The molecule has 0 aliphatic heterocycles. The predicted molar refractivity (Wildman–Crippen MR) is 49.7 cm³/mol. The van der Waals surface area contributed by atoms with E-state index < -0.39 is 0 Å². The fourth-order valence-corrected chi connectivity index (χ4v) is 2.40. The van der Waals surface area contributed by atoms with Gasteiger partial charge in [-0.2, -0.15) is 0 Å². The Labute approximate surface area is 68.8 Å². The molecule has 0 aliphatic rings. The number of rotatable bonds is 0. The van der Waals surface area contributed by atoms with Crippen LogP contribution in [0.4, 0.5) is 0 Å². The topological polar surface area (TPSA) is 0 Å². The highest BCUT2D eigenvalue weighted by molar-refractivity contribution is 9.10. The third kappa shape index (κ3) is 1.22. The number of hydrogen-bond donors (Lipinski definition) is 0. The number of thiophene rings is 1. The van der Waals surface area contributed by atoms with Crippen molar-refractivity contribution in [2.45, 2.75) is 13.8 Å². The minimum absolute atomic E-state index is 1.28. The molecule has 0 atom stereocenters. The molecule has 0 aliphatic carbocycles. The Morgan fingerprint density at radius 1 is 1.33 bits per heavy atom. The predicted octanol–water partition coefficient (Wildman–Crippen LogP) is 1.39. The van der Waals surface area contributed by atoms with Crippen LogP contribution in [0.3, 0.4) is 0 Å². The lowest BCUT2D eigenvalue weighted by atomic mass is 9.97.